The topological polar surface area (TPSA) is 51.8 Å². The monoisotopic (exact) mass is 642 g/mol. The summed E-state index contributed by atoms with van der Waals surface area (Å²) in [4.78, 5) is 14.3. The van der Waals surface area contributed by atoms with Crippen molar-refractivity contribution in [2.24, 2.45) is 0 Å². The average molecular weight is 643 g/mol. The number of nitrogens with zero attached hydrogens (tertiary/aromatic N) is 3. The first kappa shape index (κ1) is 20.1. The van der Waals surface area contributed by atoms with Gasteiger partial charge in [0.05, 0.1) is 12.3 Å². The molecule has 0 amide bonds. The first-order chi connectivity index (χ1) is 27.4. The molecule has 0 aliphatic heterocycles. The standard InChI is InChI=1S/C43H27N3OS/c1-3-11-26(4-2)41-44-42(29-20-23-37-36(24-29)34-22-18-28-14-8-9-15-31(28)39(34)47-37)46-43(45-41)30-19-21-33-35-17-10-16-32(27-12-6-5-7-13-27)40(35)48-38(33)25-30/h3-25H,1-2H2/b26-11+/i8D,9D,14D,15D,18D,20D,22D,23D,24D. The van der Waals surface area contributed by atoms with Crippen molar-refractivity contribution in [2.75, 3.05) is 0 Å². The molecule has 0 radical (unpaired) electrons. The highest BCUT2D eigenvalue weighted by Gasteiger charge is 2.17. The molecule has 48 heavy (non-hydrogen) atoms. The molecule has 0 saturated carbocycles. The van der Waals surface area contributed by atoms with E-state index in [1.807, 2.05) is 42.5 Å². The molecule has 5 heteroatoms. The maximum atomic E-state index is 9.49. The molecule has 0 spiro atoms. The third kappa shape index (κ3) is 4.55. The van der Waals surface area contributed by atoms with Crippen LogP contribution in [0.4, 0.5) is 0 Å². The molecular weight excluding hydrogens is 607 g/mol. The van der Waals surface area contributed by atoms with E-state index in [1.54, 1.807) is 29.6 Å². The molecule has 0 N–H and O–H groups in total. The van der Waals surface area contributed by atoms with Gasteiger partial charge in [0.1, 0.15) is 11.2 Å². The second kappa shape index (κ2) is 11.3. The third-order valence-electron chi connectivity index (χ3n) is 8.16. The minimum atomic E-state index is -0.566. The van der Waals surface area contributed by atoms with Crippen molar-refractivity contribution in [1.82, 2.24) is 15.0 Å². The molecule has 0 fully saturated rings. The number of allylic oxidation sites excluding steroid dienone is 4. The van der Waals surface area contributed by atoms with Crippen LogP contribution < -0.4 is 0 Å². The highest BCUT2D eigenvalue weighted by Crippen LogP contribution is 2.41. The number of rotatable bonds is 6. The molecule has 226 valence electrons. The van der Waals surface area contributed by atoms with Gasteiger partial charge in [-0.25, -0.2) is 15.0 Å². The minimum Gasteiger partial charge on any atom is -0.455 e. The van der Waals surface area contributed by atoms with Crippen molar-refractivity contribution in [3.05, 3.63) is 158 Å². The number of hydrogen-bond donors (Lipinski definition) is 0. The van der Waals surface area contributed by atoms with Gasteiger partial charge in [0.25, 0.3) is 0 Å². The molecule has 0 atom stereocenters. The van der Waals surface area contributed by atoms with Crippen molar-refractivity contribution in [1.29, 1.82) is 0 Å². The molecule has 9 rings (SSSR count). The first-order valence-electron chi connectivity index (χ1n) is 19.5. The summed E-state index contributed by atoms with van der Waals surface area (Å²) in [6, 6.07) is 18.0. The maximum Gasteiger partial charge on any atom is 0.164 e. The first-order valence-corrected chi connectivity index (χ1v) is 15.8. The summed E-state index contributed by atoms with van der Waals surface area (Å²) < 4.78 is 87.2. The van der Waals surface area contributed by atoms with Crippen LogP contribution in [0.1, 0.15) is 18.2 Å². The second-order valence-corrected chi connectivity index (χ2v) is 12.0. The molecule has 0 bridgehead atoms. The Labute approximate surface area is 293 Å². The van der Waals surface area contributed by atoms with Crippen LogP contribution in [0.3, 0.4) is 0 Å². The second-order valence-electron chi connectivity index (χ2n) is 11.0. The van der Waals surface area contributed by atoms with Crippen LogP contribution in [0.15, 0.2) is 157 Å². The Morgan fingerprint density at radius 1 is 0.708 bits per heavy atom. The summed E-state index contributed by atoms with van der Waals surface area (Å²) in [5.74, 6) is 0.301. The van der Waals surface area contributed by atoms with Gasteiger partial charge in [0.2, 0.25) is 0 Å². The molecule has 0 unspecified atom stereocenters. The quantitative estimate of drug-likeness (QED) is 0.169. The van der Waals surface area contributed by atoms with E-state index in [1.165, 1.54) is 0 Å². The van der Waals surface area contributed by atoms with Gasteiger partial charge in [-0.3, -0.25) is 0 Å². The lowest BCUT2D eigenvalue weighted by Gasteiger charge is -2.09. The van der Waals surface area contributed by atoms with E-state index in [0.717, 1.165) is 31.3 Å². The number of fused-ring (bicyclic) bond motifs is 8. The van der Waals surface area contributed by atoms with E-state index >= 15 is 0 Å². The van der Waals surface area contributed by atoms with Crippen molar-refractivity contribution in [2.45, 2.75) is 0 Å². The fourth-order valence-corrected chi connectivity index (χ4v) is 7.19. The zero-order chi connectivity index (χ0) is 40.0. The van der Waals surface area contributed by atoms with Gasteiger partial charge < -0.3 is 4.42 Å². The normalized spacial score (nSPS) is 14.7. The largest absolute Gasteiger partial charge is 0.455 e. The van der Waals surface area contributed by atoms with Crippen LogP contribution in [0.5, 0.6) is 0 Å². The molecule has 0 aliphatic carbocycles. The third-order valence-corrected chi connectivity index (χ3v) is 9.36. The number of thiophene rings is 1. The molecule has 6 aromatic carbocycles. The highest BCUT2D eigenvalue weighted by atomic mass is 32.1. The summed E-state index contributed by atoms with van der Waals surface area (Å²) in [5.41, 5.74) is 2.76. The van der Waals surface area contributed by atoms with E-state index in [2.05, 4.69) is 42.4 Å². The zero-order valence-corrected chi connectivity index (χ0v) is 26.0. The van der Waals surface area contributed by atoms with Gasteiger partial charge >= 0.3 is 0 Å². The Balaban J connectivity index is 1.31. The highest BCUT2D eigenvalue weighted by molar-refractivity contribution is 7.26. The molecule has 9 aromatic rings. The average Bonchev–Trinajstić information content (AvgIpc) is 3.81. The van der Waals surface area contributed by atoms with Gasteiger partial charge in [-0.1, -0.05) is 122 Å². The number of aromatic nitrogens is 3. The van der Waals surface area contributed by atoms with Crippen molar-refractivity contribution < 1.29 is 16.8 Å². The zero-order valence-electron chi connectivity index (χ0n) is 34.2. The fourth-order valence-electron chi connectivity index (χ4n) is 5.91. The number of furan rings is 1. The van der Waals surface area contributed by atoms with E-state index in [0.29, 0.717) is 11.1 Å². The molecule has 3 aromatic heterocycles. The molecule has 3 heterocycles. The van der Waals surface area contributed by atoms with Gasteiger partial charge in [-0.2, -0.15) is 0 Å². The van der Waals surface area contributed by atoms with Crippen LogP contribution in [0, 0.1) is 0 Å². The predicted octanol–water partition coefficient (Wildman–Crippen LogP) is 12.0. The van der Waals surface area contributed by atoms with E-state index in [9.17, 15) is 1.37 Å². The Bertz CT molecular complexity index is 3280. The van der Waals surface area contributed by atoms with Crippen molar-refractivity contribution in [3.8, 4) is 33.9 Å². The summed E-state index contributed by atoms with van der Waals surface area (Å²) >= 11 is 1.65. The van der Waals surface area contributed by atoms with Crippen LogP contribution in [-0.2, 0) is 0 Å². The van der Waals surface area contributed by atoms with Crippen LogP contribution >= 0.6 is 11.3 Å². The van der Waals surface area contributed by atoms with Crippen LogP contribution in [-0.4, -0.2) is 15.0 Å². The van der Waals surface area contributed by atoms with Crippen molar-refractivity contribution in [3.63, 3.8) is 0 Å². The van der Waals surface area contributed by atoms with Gasteiger partial charge in [0.15, 0.2) is 17.5 Å². The Kier molecular flexibility index (Phi) is 4.73. The Morgan fingerprint density at radius 2 is 1.56 bits per heavy atom. The van der Waals surface area contributed by atoms with E-state index in [-0.39, 0.29) is 61.8 Å². The number of hydrogen-bond acceptors (Lipinski definition) is 5. The Hall–Kier alpha value is -6.17. The molecular formula is C43H27N3OS. The number of benzene rings is 6. The predicted molar refractivity (Wildman–Crippen MR) is 202 cm³/mol. The van der Waals surface area contributed by atoms with Gasteiger partial charge in [-0.05, 0) is 46.7 Å². The lowest BCUT2D eigenvalue weighted by Crippen LogP contribution is -2.02. The van der Waals surface area contributed by atoms with Crippen LogP contribution in [0.25, 0.3) is 92.4 Å². The Morgan fingerprint density at radius 3 is 2.42 bits per heavy atom. The fraction of sp³-hybridized carbons (Fsp3) is 0. The molecule has 0 saturated heterocycles. The van der Waals surface area contributed by atoms with E-state index in [4.69, 9.17) is 25.4 Å². The summed E-state index contributed by atoms with van der Waals surface area (Å²) in [7, 11) is 0. The minimum absolute atomic E-state index is 0.0798. The molecule has 0 aliphatic rings. The van der Waals surface area contributed by atoms with Crippen molar-refractivity contribution >= 4 is 69.8 Å². The lowest BCUT2D eigenvalue weighted by atomic mass is 10.0. The maximum absolute atomic E-state index is 9.49. The van der Waals surface area contributed by atoms with Gasteiger partial charge in [0, 0.05) is 53.0 Å². The van der Waals surface area contributed by atoms with E-state index < -0.39 is 48.3 Å². The summed E-state index contributed by atoms with van der Waals surface area (Å²) in [6.45, 7) is 7.73. The van der Waals surface area contributed by atoms with Gasteiger partial charge in [-0.15, -0.1) is 11.3 Å². The summed E-state index contributed by atoms with van der Waals surface area (Å²) in [5, 5.41) is 1.62. The van der Waals surface area contributed by atoms with Crippen LogP contribution in [0.2, 0.25) is 0 Å². The summed E-state index contributed by atoms with van der Waals surface area (Å²) in [6.07, 6.45) is 4.77. The SMILES string of the molecule is [2H]c1c(-c2nc(/C(C=C)=C/C=C)nc(-c3ccc4c(c3)sc3c(-c5ccccc5)cccc34)n2)c([2H])c2c(oc3c4c([2H])c([2H])c([2H])c([2H])c4c([2H])c([2H])c32)c1[2H]. The lowest BCUT2D eigenvalue weighted by molar-refractivity contribution is 0.672. The molecule has 4 nitrogen and oxygen atoms in total. The smallest absolute Gasteiger partial charge is 0.164 e.